The van der Waals surface area contributed by atoms with Gasteiger partial charge in [0.2, 0.25) is 0 Å². The Kier molecular flexibility index (Phi) is 4.04. The lowest BCUT2D eigenvalue weighted by Crippen LogP contribution is -2.31. The Labute approximate surface area is 136 Å². The molecule has 0 unspecified atom stereocenters. The fourth-order valence-electron chi connectivity index (χ4n) is 3.44. The van der Waals surface area contributed by atoms with Crippen molar-refractivity contribution in [2.45, 2.75) is 45.1 Å². The van der Waals surface area contributed by atoms with E-state index in [9.17, 15) is 9.59 Å². The van der Waals surface area contributed by atoms with Gasteiger partial charge in [-0.2, -0.15) is 0 Å². The Hall–Kier alpha value is -2.04. The lowest BCUT2D eigenvalue weighted by Gasteiger charge is -2.27. The molecule has 5 heteroatoms. The van der Waals surface area contributed by atoms with Gasteiger partial charge in [0.05, 0.1) is 19.1 Å². The number of hydrogen-bond donors (Lipinski definition) is 1. The summed E-state index contributed by atoms with van der Waals surface area (Å²) in [5, 5.41) is 2.90. The van der Waals surface area contributed by atoms with Gasteiger partial charge in [0.25, 0.3) is 5.91 Å². The summed E-state index contributed by atoms with van der Waals surface area (Å²) in [6.07, 6.45) is 1.57. The number of benzene rings is 1. The number of carbonyl (C=O) groups is 2. The molecule has 3 rings (SSSR count). The van der Waals surface area contributed by atoms with Gasteiger partial charge in [-0.3, -0.25) is 9.59 Å². The Balaban J connectivity index is 1.89. The van der Waals surface area contributed by atoms with Gasteiger partial charge in [-0.15, -0.1) is 0 Å². The van der Waals surface area contributed by atoms with Crippen molar-refractivity contribution in [3.63, 3.8) is 0 Å². The molecule has 1 aliphatic heterocycles. The van der Waals surface area contributed by atoms with Crippen LogP contribution in [0.5, 0.6) is 5.75 Å². The molecule has 124 valence electrons. The molecule has 1 heterocycles. The average molecular weight is 317 g/mol. The highest BCUT2D eigenvalue weighted by molar-refractivity contribution is 5.95. The summed E-state index contributed by atoms with van der Waals surface area (Å²) in [6.45, 7) is 6.67. The monoisotopic (exact) mass is 317 g/mol. The third-order valence-corrected chi connectivity index (χ3v) is 4.65. The van der Waals surface area contributed by atoms with E-state index in [2.05, 4.69) is 5.32 Å². The topological polar surface area (TPSA) is 64.6 Å². The molecule has 1 aromatic carbocycles. The molecule has 2 atom stereocenters. The second kappa shape index (κ2) is 5.87. The normalized spacial score (nSPS) is 24.8. The predicted octanol–water partition coefficient (Wildman–Crippen LogP) is 2.43. The van der Waals surface area contributed by atoms with E-state index in [1.165, 1.54) is 0 Å². The lowest BCUT2D eigenvalue weighted by molar-refractivity contribution is -0.145. The van der Waals surface area contributed by atoms with Crippen molar-refractivity contribution in [1.29, 1.82) is 0 Å². The zero-order valence-electron chi connectivity index (χ0n) is 13.8. The molecule has 5 nitrogen and oxygen atoms in total. The van der Waals surface area contributed by atoms with Gasteiger partial charge in [-0.05, 0) is 51.8 Å². The van der Waals surface area contributed by atoms with Crippen molar-refractivity contribution in [3.8, 4) is 5.75 Å². The second-order valence-corrected chi connectivity index (χ2v) is 6.60. The summed E-state index contributed by atoms with van der Waals surface area (Å²) in [6, 6.07) is 5.58. The van der Waals surface area contributed by atoms with Crippen LogP contribution < -0.4 is 10.1 Å². The summed E-state index contributed by atoms with van der Waals surface area (Å²) >= 11 is 0. The number of ether oxygens (including phenoxy) is 2. The molecule has 2 aliphatic rings. The molecule has 1 aromatic rings. The van der Waals surface area contributed by atoms with E-state index in [-0.39, 0.29) is 29.3 Å². The van der Waals surface area contributed by atoms with E-state index in [4.69, 9.17) is 9.47 Å². The quantitative estimate of drug-likeness (QED) is 0.866. The van der Waals surface area contributed by atoms with Crippen molar-refractivity contribution >= 4 is 11.9 Å². The minimum Gasteiger partial charge on any atom is -0.493 e. The van der Waals surface area contributed by atoms with Gasteiger partial charge < -0.3 is 14.8 Å². The van der Waals surface area contributed by atoms with Gasteiger partial charge in [0.15, 0.2) is 0 Å². The first-order chi connectivity index (χ1) is 11.0. The Morgan fingerprint density at radius 3 is 2.91 bits per heavy atom. The largest absolute Gasteiger partial charge is 0.493 e. The molecule has 0 bridgehead atoms. The second-order valence-electron chi connectivity index (χ2n) is 6.60. The molecule has 1 fully saturated rings. The number of carbonyl (C=O) groups excluding carboxylic acids is 2. The van der Waals surface area contributed by atoms with Crippen molar-refractivity contribution in [1.82, 2.24) is 5.32 Å². The third-order valence-electron chi connectivity index (χ3n) is 4.65. The van der Waals surface area contributed by atoms with Crippen molar-refractivity contribution in [2.24, 2.45) is 5.92 Å². The maximum Gasteiger partial charge on any atom is 0.309 e. The predicted molar refractivity (Wildman–Crippen MR) is 85.6 cm³/mol. The highest BCUT2D eigenvalue weighted by Gasteiger charge is 2.62. The van der Waals surface area contributed by atoms with Crippen LogP contribution in [0, 0.1) is 5.92 Å². The van der Waals surface area contributed by atoms with Crippen LogP contribution in [0.3, 0.4) is 0 Å². The Bertz CT molecular complexity index is 640. The van der Waals surface area contributed by atoms with Crippen LogP contribution in [0.25, 0.3) is 0 Å². The molecule has 23 heavy (non-hydrogen) atoms. The van der Waals surface area contributed by atoms with Crippen molar-refractivity contribution in [2.75, 3.05) is 13.2 Å². The number of esters is 1. The summed E-state index contributed by atoms with van der Waals surface area (Å²) in [5.41, 5.74) is 1.36. The minimum atomic E-state index is -0.214. The lowest BCUT2D eigenvalue weighted by atomic mass is 9.86. The number of fused-ring (bicyclic) bond motifs is 2. The van der Waals surface area contributed by atoms with Crippen LogP contribution in [0.2, 0.25) is 0 Å². The van der Waals surface area contributed by atoms with E-state index in [1.54, 1.807) is 6.07 Å². The van der Waals surface area contributed by atoms with E-state index in [0.717, 1.165) is 24.2 Å². The first-order valence-corrected chi connectivity index (χ1v) is 8.23. The molecule has 1 aliphatic carbocycles. The van der Waals surface area contributed by atoms with E-state index in [0.29, 0.717) is 18.8 Å². The maximum atomic E-state index is 12.2. The average Bonchev–Trinajstić information content (AvgIpc) is 3.22. The number of nitrogens with one attached hydrogen (secondary N) is 1. The third kappa shape index (κ3) is 2.80. The van der Waals surface area contributed by atoms with Crippen LogP contribution in [0.15, 0.2) is 18.2 Å². The first-order valence-electron chi connectivity index (χ1n) is 8.23. The summed E-state index contributed by atoms with van der Waals surface area (Å²) in [7, 11) is 0. The van der Waals surface area contributed by atoms with Crippen LogP contribution in [-0.4, -0.2) is 31.1 Å². The Morgan fingerprint density at radius 2 is 2.22 bits per heavy atom. The van der Waals surface area contributed by atoms with Gasteiger partial charge in [0, 0.05) is 22.6 Å². The minimum absolute atomic E-state index is 0.0805. The standard InChI is InChI=1S/C18H23NO4/c1-4-22-17(21)14-10-18(14)7-8-23-15-6-5-12(9-13(15)18)16(20)19-11(2)3/h5-6,9,11,14H,4,7-8,10H2,1-3H3,(H,19,20)/t14-,18-/m1/s1. The highest BCUT2D eigenvalue weighted by atomic mass is 16.5. The van der Waals surface area contributed by atoms with E-state index < -0.39 is 0 Å². The highest BCUT2D eigenvalue weighted by Crippen LogP contribution is 2.61. The number of amides is 1. The van der Waals surface area contributed by atoms with Gasteiger partial charge in [-0.1, -0.05) is 0 Å². The fraction of sp³-hybridized carbons (Fsp3) is 0.556. The molecule has 0 radical (unpaired) electrons. The number of rotatable bonds is 4. The zero-order chi connectivity index (χ0) is 16.6. The molecular formula is C18H23NO4. The Morgan fingerprint density at radius 1 is 1.43 bits per heavy atom. The van der Waals surface area contributed by atoms with Crippen molar-refractivity contribution in [3.05, 3.63) is 29.3 Å². The fourth-order valence-corrected chi connectivity index (χ4v) is 3.44. The molecular weight excluding hydrogens is 294 g/mol. The van der Waals surface area contributed by atoms with E-state index in [1.807, 2.05) is 32.9 Å². The summed E-state index contributed by atoms with van der Waals surface area (Å²) in [5.74, 6) is 0.423. The maximum absolute atomic E-state index is 12.2. The van der Waals surface area contributed by atoms with Crippen LogP contribution in [0.4, 0.5) is 0 Å². The number of hydrogen-bond acceptors (Lipinski definition) is 4. The molecule has 0 aromatic heterocycles. The zero-order valence-corrected chi connectivity index (χ0v) is 13.8. The van der Waals surface area contributed by atoms with Crippen LogP contribution >= 0.6 is 0 Å². The SMILES string of the molecule is CCOC(=O)[C@H]1C[C@@]12CCOc1ccc(C(=O)NC(C)C)cc12. The molecule has 1 amide bonds. The smallest absolute Gasteiger partial charge is 0.309 e. The van der Waals surface area contributed by atoms with Gasteiger partial charge >= 0.3 is 5.97 Å². The van der Waals surface area contributed by atoms with Gasteiger partial charge in [-0.25, -0.2) is 0 Å². The summed E-state index contributed by atoms with van der Waals surface area (Å²) in [4.78, 5) is 24.4. The van der Waals surface area contributed by atoms with Crippen molar-refractivity contribution < 1.29 is 19.1 Å². The van der Waals surface area contributed by atoms with Crippen LogP contribution in [-0.2, 0) is 14.9 Å². The summed E-state index contributed by atoms with van der Waals surface area (Å²) < 4.78 is 10.9. The molecule has 0 saturated heterocycles. The van der Waals surface area contributed by atoms with Gasteiger partial charge in [0.1, 0.15) is 5.75 Å². The first kappa shape index (κ1) is 15.8. The molecule has 1 spiro atoms. The molecule has 1 N–H and O–H groups in total. The van der Waals surface area contributed by atoms with Crippen LogP contribution in [0.1, 0.15) is 49.5 Å². The molecule has 1 saturated carbocycles. The van der Waals surface area contributed by atoms with E-state index >= 15 is 0 Å².